The minimum atomic E-state index is -0.399. The van der Waals surface area contributed by atoms with Crippen molar-refractivity contribution in [2.45, 2.75) is 0 Å². The molecule has 90 valence electrons. The van der Waals surface area contributed by atoms with E-state index in [1.807, 2.05) is 18.2 Å². The highest BCUT2D eigenvalue weighted by atomic mass is 32.2. The van der Waals surface area contributed by atoms with Crippen LogP contribution in [-0.2, 0) is 0 Å². The highest BCUT2D eigenvalue weighted by Gasteiger charge is 2.15. The summed E-state index contributed by atoms with van der Waals surface area (Å²) in [5.41, 5.74) is 6.71. The van der Waals surface area contributed by atoms with Crippen molar-refractivity contribution in [1.29, 1.82) is 0 Å². The molecule has 0 fully saturated rings. The van der Waals surface area contributed by atoms with Crippen molar-refractivity contribution in [3.8, 4) is 0 Å². The minimum absolute atomic E-state index is 0.399. The Bertz CT molecular complexity index is 733. The molecule has 0 spiro atoms. The van der Waals surface area contributed by atoms with E-state index in [4.69, 9.17) is 10.2 Å². The highest BCUT2D eigenvalue weighted by Crippen LogP contribution is 2.16. The number of hydrogen-bond donors (Lipinski definition) is 1. The first kappa shape index (κ1) is 11.0. The van der Waals surface area contributed by atoms with Gasteiger partial charge in [-0.15, -0.1) is 5.10 Å². The number of rotatable bonds is 1. The van der Waals surface area contributed by atoms with Crippen molar-refractivity contribution < 1.29 is 4.42 Å². The second-order valence-electron chi connectivity index (χ2n) is 3.76. The molecule has 2 heterocycles. The first-order valence-electron chi connectivity index (χ1n) is 5.30. The Morgan fingerprint density at radius 2 is 2.11 bits per heavy atom. The predicted molar refractivity (Wildman–Crippen MR) is 73.1 cm³/mol. The Morgan fingerprint density at radius 1 is 1.28 bits per heavy atom. The maximum Gasteiger partial charge on any atom is 0.345 e. The Kier molecular flexibility index (Phi) is 2.64. The molecule has 0 atom stereocenters. The molecule has 0 aliphatic carbocycles. The van der Waals surface area contributed by atoms with E-state index in [1.54, 1.807) is 12.1 Å². The molecule has 1 aliphatic heterocycles. The molecule has 6 heteroatoms. The Morgan fingerprint density at radius 3 is 2.89 bits per heavy atom. The van der Waals surface area contributed by atoms with Crippen LogP contribution in [0.3, 0.4) is 0 Å². The van der Waals surface area contributed by atoms with E-state index in [0.717, 1.165) is 5.39 Å². The molecule has 0 bridgehead atoms. The number of para-hydroxylation sites is 1. The predicted octanol–water partition coefficient (Wildman–Crippen LogP) is 1.56. The molecule has 1 aromatic heterocycles. The van der Waals surface area contributed by atoms with E-state index >= 15 is 0 Å². The lowest BCUT2D eigenvalue weighted by molar-refractivity contribution is 0.559. The summed E-state index contributed by atoms with van der Waals surface area (Å²) in [6.07, 6.45) is 0. The van der Waals surface area contributed by atoms with Gasteiger partial charge in [-0.25, -0.2) is 4.79 Å². The Hall–Kier alpha value is -2.08. The number of benzene rings is 1. The van der Waals surface area contributed by atoms with Gasteiger partial charge < -0.3 is 10.2 Å². The number of hydrogen-bond acceptors (Lipinski definition) is 6. The van der Waals surface area contributed by atoms with Gasteiger partial charge in [0, 0.05) is 11.1 Å². The molecule has 0 saturated carbocycles. The lowest BCUT2D eigenvalue weighted by Gasteiger charge is -2.08. The van der Waals surface area contributed by atoms with Crippen LogP contribution < -0.4 is 11.4 Å². The van der Waals surface area contributed by atoms with Gasteiger partial charge in [0.05, 0.1) is 11.3 Å². The number of amidine groups is 1. The van der Waals surface area contributed by atoms with E-state index in [-0.39, 0.29) is 0 Å². The fourth-order valence-electron chi connectivity index (χ4n) is 1.70. The van der Waals surface area contributed by atoms with E-state index in [0.29, 0.717) is 27.8 Å². The van der Waals surface area contributed by atoms with Gasteiger partial charge in [0.1, 0.15) is 5.58 Å². The van der Waals surface area contributed by atoms with Gasteiger partial charge in [-0.05, 0) is 12.1 Å². The summed E-state index contributed by atoms with van der Waals surface area (Å²) >= 11 is 1.35. The van der Waals surface area contributed by atoms with Gasteiger partial charge in [-0.3, -0.25) is 0 Å². The Labute approximate surface area is 106 Å². The quantitative estimate of drug-likeness (QED) is 0.788. The highest BCUT2D eigenvalue weighted by molar-refractivity contribution is 8.14. The number of nitrogens with zero attached hydrogens (tertiary/aromatic N) is 2. The topological polar surface area (TPSA) is 80.9 Å². The number of thioether (sulfide) groups is 1. The fraction of sp³-hybridized carbons (Fsp3) is 0.0833. The molecule has 0 radical (unpaired) electrons. The van der Waals surface area contributed by atoms with E-state index in [1.165, 1.54) is 11.8 Å². The standard InChI is InChI=1S/C12H9N3O2S/c13-12-15-14-9(6-18-12)8-5-7-3-1-2-4-10(7)17-11(8)16/h1-5H,6H2,(H2,13,15). The summed E-state index contributed by atoms with van der Waals surface area (Å²) in [7, 11) is 0. The average molecular weight is 259 g/mol. The van der Waals surface area contributed by atoms with Crippen LogP contribution in [0.2, 0.25) is 0 Å². The summed E-state index contributed by atoms with van der Waals surface area (Å²) in [5.74, 6) is 0.526. The van der Waals surface area contributed by atoms with Gasteiger partial charge in [-0.1, -0.05) is 30.0 Å². The summed E-state index contributed by atoms with van der Waals surface area (Å²) in [5, 5.41) is 8.99. The molecule has 2 N–H and O–H groups in total. The van der Waals surface area contributed by atoms with Gasteiger partial charge in [0.2, 0.25) is 0 Å². The average Bonchev–Trinajstić information content (AvgIpc) is 2.39. The maximum atomic E-state index is 11.9. The molecule has 0 amide bonds. The zero-order valence-electron chi connectivity index (χ0n) is 9.29. The minimum Gasteiger partial charge on any atom is -0.422 e. The second-order valence-corrected chi connectivity index (χ2v) is 4.75. The third-order valence-corrected chi connectivity index (χ3v) is 3.37. The number of fused-ring (bicyclic) bond motifs is 1. The van der Waals surface area contributed by atoms with E-state index in [9.17, 15) is 4.79 Å². The molecule has 0 saturated heterocycles. The maximum absolute atomic E-state index is 11.9. The summed E-state index contributed by atoms with van der Waals surface area (Å²) < 4.78 is 5.25. The first-order valence-corrected chi connectivity index (χ1v) is 6.28. The van der Waals surface area contributed by atoms with Crippen LogP contribution in [0.5, 0.6) is 0 Å². The third-order valence-electron chi connectivity index (χ3n) is 2.58. The van der Waals surface area contributed by atoms with Gasteiger partial charge in [0.25, 0.3) is 0 Å². The molecule has 5 nitrogen and oxygen atoms in total. The lowest BCUT2D eigenvalue weighted by Crippen LogP contribution is -2.21. The van der Waals surface area contributed by atoms with Crippen LogP contribution in [0.25, 0.3) is 11.0 Å². The molecule has 18 heavy (non-hydrogen) atoms. The van der Waals surface area contributed by atoms with Crippen LogP contribution >= 0.6 is 11.8 Å². The SMILES string of the molecule is NC1=NN=C(c2cc3ccccc3oc2=O)CS1. The smallest absolute Gasteiger partial charge is 0.345 e. The zero-order chi connectivity index (χ0) is 12.5. The van der Waals surface area contributed by atoms with Crippen molar-refractivity contribution in [1.82, 2.24) is 0 Å². The largest absolute Gasteiger partial charge is 0.422 e. The van der Waals surface area contributed by atoms with Gasteiger partial charge >= 0.3 is 5.63 Å². The van der Waals surface area contributed by atoms with Crippen molar-refractivity contribution in [2.75, 3.05) is 5.75 Å². The summed E-state index contributed by atoms with van der Waals surface area (Å²) in [6, 6.07) is 9.13. The number of nitrogens with two attached hydrogens (primary N) is 1. The van der Waals surface area contributed by atoms with Crippen molar-refractivity contribution in [3.05, 3.63) is 46.3 Å². The zero-order valence-corrected chi connectivity index (χ0v) is 10.1. The van der Waals surface area contributed by atoms with Crippen molar-refractivity contribution >= 4 is 33.6 Å². The first-order chi connectivity index (χ1) is 8.74. The Balaban J connectivity index is 2.18. The van der Waals surface area contributed by atoms with Crippen molar-refractivity contribution in [3.63, 3.8) is 0 Å². The third kappa shape index (κ3) is 1.91. The van der Waals surface area contributed by atoms with Gasteiger partial charge in [0.15, 0.2) is 5.17 Å². The molecule has 2 aromatic rings. The molecule has 1 aromatic carbocycles. The monoisotopic (exact) mass is 259 g/mol. The van der Waals surface area contributed by atoms with Crippen molar-refractivity contribution in [2.24, 2.45) is 15.9 Å². The van der Waals surface area contributed by atoms with Crippen LogP contribution in [0, 0.1) is 0 Å². The summed E-state index contributed by atoms with van der Waals surface area (Å²) in [6.45, 7) is 0. The van der Waals surface area contributed by atoms with Crippen LogP contribution in [0.4, 0.5) is 0 Å². The van der Waals surface area contributed by atoms with E-state index < -0.39 is 5.63 Å². The lowest BCUT2D eigenvalue weighted by atomic mass is 10.1. The fourth-order valence-corrected chi connectivity index (χ4v) is 2.30. The van der Waals surface area contributed by atoms with Gasteiger partial charge in [-0.2, -0.15) is 5.10 Å². The van der Waals surface area contributed by atoms with E-state index in [2.05, 4.69) is 10.2 Å². The van der Waals surface area contributed by atoms with Crippen LogP contribution in [0.1, 0.15) is 5.56 Å². The van der Waals surface area contributed by atoms with Crippen LogP contribution in [0.15, 0.2) is 49.7 Å². The molecule has 0 unspecified atom stereocenters. The molecule has 3 rings (SSSR count). The molecular weight excluding hydrogens is 250 g/mol. The normalized spacial score (nSPS) is 15.3. The molecular formula is C12H9N3O2S. The molecule has 1 aliphatic rings. The second kappa shape index (κ2) is 4.30. The summed E-state index contributed by atoms with van der Waals surface area (Å²) in [4.78, 5) is 11.9. The van der Waals surface area contributed by atoms with Crippen LogP contribution in [-0.4, -0.2) is 16.6 Å².